The zero-order chi connectivity index (χ0) is 20.0. The number of hydrazine groups is 1. The molecule has 0 N–H and O–H groups in total. The van der Waals surface area contributed by atoms with E-state index in [9.17, 15) is 30.2 Å². The molecule has 14 heteroatoms. The minimum Gasteiger partial charge on any atom is -0.569 e. The maximum atomic E-state index is 12.0. The van der Waals surface area contributed by atoms with Gasteiger partial charge in [-0.05, 0) is 6.92 Å². The number of hydrogen-bond acceptors (Lipinski definition) is 9. The number of nitro benzene ring substituents is 2. The Morgan fingerprint density at radius 3 is 2.11 bits per heavy atom. The Balaban J connectivity index is 2.02. The van der Waals surface area contributed by atoms with Crippen LogP contribution in [-0.2, 0) is 4.74 Å². The summed E-state index contributed by atoms with van der Waals surface area (Å²) in [6, 6.07) is 2.57. The van der Waals surface area contributed by atoms with Gasteiger partial charge in [-0.2, -0.15) is 0 Å². The average molecular weight is 384 g/mol. The second kappa shape index (κ2) is 8.59. The van der Waals surface area contributed by atoms with E-state index in [1.54, 1.807) is 6.92 Å². The summed E-state index contributed by atoms with van der Waals surface area (Å²) in [6.45, 7) is 2.70. The van der Waals surface area contributed by atoms with Crippen LogP contribution < -0.4 is 4.84 Å². The molecule has 1 heterocycles. The van der Waals surface area contributed by atoms with E-state index in [0.717, 1.165) is 18.2 Å². The number of carbonyl (C=O) groups excluding carboxylic acids is 1. The molecule has 1 aromatic rings. The van der Waals surface area contributed by atoms with Crippen LogP contribution in [0.25, 0.3) is 0 Å². The first kappa shape index (κ1) is 19.6. The molecular formula is C13H16N6O8. The van der Waals surface area contributed by atoms with E-state index in [1.165, 1.54) is 9.91 Å². The normalized spacial score (nSPS) is 14.6. The summed E-state index contributed by atoms with van der Waals surface area (Å²) in [5.74, 6) is -0.332. The van der Waals surface area contributed by atoms with Crippen molar-refractivity contribution in [1.29, 1.82) is 0 Å². The van der Waals surface area contributed by atoms with Crippen LogP contribution in [0.2, 0.25) is 0 Å². The van der Waals surface area contributed by atoms with Gasteiger partial charge in [-0.3, -0.25) is 20.2 Å². The van der Waals surface area contributed by atoms with Gasteiger partial charge in [-0.15, -0.1) is 5.01 Å². The van der Waals surface area contributed by atoms with Crippen LogP contribution >= 0.6 is 0 Å². The SMILES string of the molecule is CCOC(=O)N1CCN(/[N+]([O-])=N/Oc2cc([N+](=O)[O-])cc([N+](=O)[O-])c2)CC1. The number of piperazine rings is 1. The number of nitrogens with zero attached hydrogens (tertiary/aromatic N) is 6. The lowest BCUT2D eigenvalue weighted by atomic mass is 10.2. The third kappa shape index (κ3) is 5.13. The summed E-state index contributed by atoms with van der Waals surface area (Å²) >= 11 is 0. The van der Waals surface area contributed by atoms with Crippen molar-refractivity contribution >= 4 is 17.5 Å². The summed E-state index contributed by atoms with van der Waals surface area (Å²) < 4.78 is 4.86. The van der Waals surface area contributed by atoms with Gasteiger partial charge >= 0.3 is 6.09 Å². The lowest BCUT2D eigenvalue weighted by Gasteiger charge is -2.30. The smallest absolute Gasteiger partial charge is 0.409 e. The fourth-order valence-corrected chi connectivity index (χ4v) is 2.23. The van der Waals surface area contributed by atoms with Gasteiger partial charge < -0.3 is 19.7 Å². The average Bonchev–Trinajstić information content (AvgIpc) is 2.66. The van der Waals surface area contributed by atoms with Crippen LogP contribution in [-0.4, -0.2) is 63.6 Å². The van der Waals surface area contributed by atoms with Crippen LogP contribution in [0.3, 0.4) is 0 Å². The molecule has 1 fully saturated rings. The quantitative estimate of drug-likeness (QED) is 0.305. The van der Waals surface area contributed by atoms with Gasteiger partial charge in [-0.1, -0.05) is 0 Å². The van der Waals surface area contributed by atoms with Crippen molar-refractivity contribution in [3.05, 3.63) is 43.6 Å². The number of carbonyl (C=O) groups is 1. The summed E-state index contributed by atoms with van der Waals surface area (Å²) in [7, 11) is 0. The molecule has 1 aliphatic heterocycles. The molecular weight excluding hydrogens is 368 g/mol. The largest absolute Gasteiger partial charge is 0.569 e. The topological polar surface area (TPSA) is 167 Å². The second-order valence-electron chi connectivity index (χ2n) is 5.26. The van der Waals surface area contributed by atoms with Crippen LogP contribution in [0.15, 0.2) is 23.5 Å². The highest BCUT2D eigenvalue weighted by molar-refractivity contribution is 5.67. The monoisotopic (exact) mass is 384 g/mol. The number of ether oxygens (including phenoxy) is 1. The van der Waals surface area contributed by atoms with E-state index < -0.39 is 27.3 Å². The van der Waals surface area contributed by atoms with E-state index in [0.29, 0.717) is 0 Å². The van der Waals surface area contributed by atoms with Crippen molar-refractivity contribution in [2.75, 3.05) is 32.8 Å². The molecule has 0 spiro atoms. The lowest BCUT2D eigenvalue weighted by molar-refractivity contribution is -0.708. The zero-order valence-corrected chi connectivity index (χ0v) is 14.2. The fourth-order valence-electron chi connectivity index (χ4n) is 2.23. The Kier molecular flexibility index (Phi) is 6.24. The van der Waals surface area contributed by atoms with Gasteiger partial charge in [0.05, 0.1) is 52.7 Å². The Hall–Kier alpha value is -3.71. The maximum absolute atomic E-state index is 12.0. The molecule has 0 aromatic heterocycles. The highest BCUT2D eigenvalue weighted by atomic mass is 16.7. The van der Waals surface area contributed by atoms with Gasteiger partial charge in [-0.25, -0.2) is 4.79 Å². The van der Waals surface area contributed by atoms with Crippen molar-refractivity contribution in [1.82, 2.24) is 9.91 Å². The number of non-ortho nitro benzene ring substituents is 2. The van der Waals surface area contributed by atoms with E-state index in [4.69, 9.17) is 9.57 Å². The molecule has 1 saturated heterocycles. The predicted octanol–water partition coefficient (Wildman–Crippen LogP) is 1.45. The first-order valence-electron chi connectivity index (χ1n) is 7.77. The van der Waals surface area contributed by atoms with Crippen molar-refractivity contribution in [3.8, 4) is 5.75 Å². The summed E-state index contributed by atoms with van der Waals surface area (Å²) in [6.07, 6.45) is -0.480. The van der Waals surface area contributed by atoms with Gasteiger partial charge in [0.1, 0.15) is 0 Å². The third-order valence-electron chi connectivity index (χ3n) is 3.54. The summed E-state index contributed by atoms with van der Waals surface area (Å²) in [4.78, 5) is 37.9. The van der Waals surface area contributed by atoms with Gasteiger partial charge in [0.15, 0.2) is 5.75 Å². The van der Waals surface area contributed by atoms with Gasteiger partial charge in [0, 0.05) is 13.1 Å². The number of nitro groups is 2. The molecule has 14 nitrogen and oxygen atoms in total. The Labute approximate surface area is 152 Å². The molecule has 146 valence electrons. The van der Waals surface area contributed by atoms with E-state index in [1.807, 2.05) is 0 Å². The zero-order valence-electron chi connectivity index (χ0n) is 14.2. The maximum Gasteiger partial charge on any atom is 0.409 e. The standard InChI is InChI=1S/C13H16N6O8/c1-2-26-13(20)15-3-5-16(6-4-15)19(25)14-27-12-8-10(17(21)22)7-11(9-12)18(23)24/h7-9H,2-6H2,1H3/b19-14-. The van der Waals surface area contributed by atoms with Crippen molar-refractivity contribution in [2.45, 2.75) is 6.92 Å². The molecule has 0 radical (unpaired) electrons. The molecule has 1 aromatic carbocycles. The Bertz CT molecular complexity index is 729. The van der Waals surface area contributed by atoms with Crippen LogP contribution in [0.5, 0.6) is 5.75 Å². The summed E-state index contributed by atoms with van der Waals surface area (Å²) in [5, 5.41) is 38.1. The van der Waals surface area contributed by atoms with E-state index >= 15 is 0 Å². The van der Waals surface area contributed by atoms with E-state index in [-0.39, 0.29) is 43.5 Å². The molecule has 27 heavy (non-hydrogen) atoms. The lowest BCUT2D eigenvalue weighted by Crippen LogP contribution is -2.50. The number of rotatable bonds is 6. The first-order valence-corrected chi connectivity index (χ1v) is 7.77. The van der Waals surface area contributed by atoms with Crippen molar-refractivity contribution < 1.29 is 29.2 Å². The highest BCUT2D eigenvalue weighted by Crippen LogP contribution is 2.27. The summed E-state index contributed by atoms with van der Waals surface area (Å²) in [5.41, 5.74) is -1.15. The molecule has 0 atom stereocenters. The second-order valence-corrected chi connectivity index (χ2v) is 5.26. The van der Waals surface area contributed by atoms with Gasteiger partial charge in [0.25, 0.3) is 11.4 Å². The van der Waals surface area contributed by atoms with Crippen molar-refractivity contribution in [3.63, 3.8) is 0 Å². The third-order valence-corrected chi connectivity index (χ3v) is 3.54. The Morgan fingerprint density at radius 1 is 1.07 bits per heavy atom. The van der Waals surface area contributed by atoms with Gasteiger partial charge in [0.2, 0.25) is 5.28 Å². The minimum atomic E-state index is -0.830. The number of hydrogen-bond donors (Lipinski definition) is 0. The highest BCUT2D eigenvalue weighted by Gasteiger charge is 2.26. The molecule has 1 aliphatic rings. The van der Waals surface area contributed by atoms with E-state index in [2.05, 4.69) is 5.28 Å². The molecule has 0 bridgehead atoms. The minimum absolute atomic E-state index is 0.118. The molecule has 0 saturated carbocycles. The van der Waals surface area contributed by atoms with Crippen LogP contribution in [0, 0.1) is 25.4 Å². The Morgan fingerprint density at radius 2 is 1.63 bits per heavy atom. The number of amides is 1. The molecule has 1 amide bonds. The fraction of sp³-hybridized carbons (Fsp3) is 0.462. The van der Waals surface area contributed by atoms with Crippen molar-refractivity contribution in [2.24, 2.45) is 5.28 Å². The predicted molar refractivity (Wildman–Crippen MR) is 86.6 cm³/mol. The van der Waals surface area contributed by atoms with Crippen LogP contribution in [0.1, 0.15) is 6.92 Å². The van der Waals surface area contributed by atoms with Crippen LogP contribution in [0.4, 0.5) is 16.2 Å². The molecule has 2 rings (SSSR count). The number of benzene rings is 1. The molecule has 0 unspecified atom stereocenters. The molecule has 0 aliphatic carbocycles. The first-order chi connectivity index (χ1) is 12.8.